The number of hydrogen-bond acceptors (Lipinski definition) is 3. The van der Waals surface area contributed by atoms with Crippen molar-refractivity contribution in [3.8, 4) is 0 Å². The summed E-state index contributed by atoms with van der Waals surface area (Å²) in [5.74, 6) is 0.159. The molecule has 1 aliphatic heterocycles. The Morgan fingerprint density at radius 1 is 1.17 bits per heavy atom. The van der Waals surface area contributed by atoms with Gasteiger partial charge in [-0.3, -0.25) is 14.4 Å². The van der Waals surface area contributed by atoms with Crippen molar-refractivity contribution in [1.82, 2.24) is 19.6 Å². The third-order valence-corrected chi connectivity index (χ3v) is 4.45. The molecule has 122 valence electrons. The Labute approximate surface area is 137 Å². The average molecular weight is 312 g/mol. The minimum absolute atomic E-state index is 0.159. The zero-order chi connectivity index (χ0) is 16.4. The highest BCUT2D eigenvalue weighted by Gasteiger charge is 2.23. The molecule has 5 heteroatoms. The number of carbonyl (C=O) groups is 1. The van der Waals surface area contributed by atoms with Crippen LogP contribution in [0.5, 0.6) is 0 Å². The third kappa shape index (κ3) is 3.62. The zero-order valence-corrected chi connectivity index (χ0v) is 14.1. The van der Waals surface area contributed by atoms with Gasteiger partial charge in [-0.1, -0.05) is 17.7 Å². The molecule has 0 saturated carbocycles. The van der Waals surface area contributed by atoms with E-state index < -0.39 is 0 Å². The molecule has 1 aromatic heterocycles. The van der Waals surface area contributed by atoms with Crippen molar-refractivity contribution in [3.63, 3.8) is 0 Å². The molecular formula is C18H24N4O. The molecule has 5 nitrogen and oxygen atoms in total. The zero-order valence-electron chi connectivity index (χ0n) is 14.1. The fourth-order valence-electron chi connectivity index (χ4n) is 3.06. The SMILES string of the molecule is Cc1ccc(C)c(C(=O)N2CCN(Cc3cnn(C)c3)CC2)c1. The van der Waals surface area contributed by atoms with Crippen LogP contribution in [0, 0.1) is 13.8 Å². The van der Waals surface area contributed by atoms with E-state index in [0.717, 1.165) is 49.4 Å². The fourth-order valence-corrected chi connectivity index (χ4v) is 3.06. The van der Waals surface area contributed by atoms with E-state index in [1.54, 1.807) is 0 Å². The van der Waals surface area contributed by atoms with Crippen LogP contribution in [0.2, 0.25) is 0 Å². The van der Waals surface area contributed by atoms with Gasteiger partial charge in [0.1, 0.15) is 0 Å². The van der Waals surface area contributed by atoms with Crippen LogP contribution in [0.4, 0.5) is 0 Å². The number of amides is 1. The lowest BCUT2D eigenvalue weighted by atomic mass is 10.0. The standard InChI is InChI=1S/C18H24N4O/c1-14-4-5-15(2)17(10-14)18(23)22-8-6-21(7-9-22)13-16-11-19-20(3)12-16/h4-5,10-12H,6-9,13H2,1-3H3. The lowest BCUT2D eigenvalue weighted by Crippen LogP contribution is -2.48. The predicted octanol–water partition coefficient (Wildman–Crippen LogP) is 1.99. The molecule has 1 aliphatic rings. The molecule has 0 unspecified atom stereocenters. The Kier molecular flexibility index (Phi) is 4.48. The van der Waals surface area contributed by atoms with Crippen molar-refractivity contribution in [1.29, 1.82) is 0 Å². The Hall–Kier alpha value is -2.14. The maximum Gasteiger partial charge on any atom is 0.254 e. The second-order valence-corrected chi connectivity index (χ2v) is 6.41. The second kappa shape index (κ2) is 6.54. The number of aryl methyl sites for hydroxylation is 3. The van der Waals surface area contributed by atoms with Gasteiger partial charge in [0.25, 0.3) is 5.91 Å². The van der Waals surface area contributed by atoms with Gasteiger partial charge in [0, 0.05) is 57.1 Å². The van der Waals surface area contributed by atoms with Crippen molar-refractivity contribution in [2.75, 3.05) is 26.2 Å². The Bertz CT molecular complexity index is 699. The van der Waals surface area contributed by atoms with E-state index in [-0.39, 0.29) is 5.91 Å². The van der Waals surface area contributed by atoms with Crippen molar-refractivity contribution in [2.45, 2.75) is 20.4 Å². The molecule has 0 atom stereocenters. The monoisotopic (exact) mass is 312 g/mol. The first-order valence-corrected chi connectivity index (χ1v) is 8.09. The van der Waals surface area contributed by atoms with Crippen LogP contribution in [0.25, 0.3) is 0 Å². The van der Waals surface area contributed by atoms with E-state index in [9.17, 15) is 4.79 Å². The predicted molar refractivity (Wildman–Crippen MR) is 90.3 cm³/mol. The Balaban J connectivity index is 1.60. The molecule has 0 bridgehead atoms. The number of piperazine rings is 1. The van der Waals surface area contributed by atoms with Gasteiger partial charge >= 0.3 is 0 Å². The van der Waals surface area contributed by atoms with Gasteiger partial charge in [0.15, 0.2) is 0 Å². The van der Waals surface area contributed by atoms with E-state index in [0.29, 0.717) is 0 Å². The minimum Gasteiger partial charge on any atom is -0.336 e. The molecule has 1 amide bonds. The summed E-state index contributed by atoms with van der Waals surface area (Å²) in [4.78, 5) is 17.1. The first kappa shape index (κ1) is 15.7. The molecular weight excluding hydrogens is 288 g/mol. The number of nitrogens with zero attached hydrogens (tertiary/aromatic N) is 4. The smallest absolute Gasteiger partial charge is 0.254 e. The Morgan fingerprint density at radius 2 is 1.91 bits per heavy atom. The molecule has 2 heterocycles. The quantitative estimate of drug-likeness (QED) is 0.870. The van der Waals surface area contributed by atoms with Gasteiger partial charge < -0.3 is 4.90 Å². The van der Waals surface area contributed by atoms with E-state index in [1.807, 2.05) is 55.0 Å². The van der Waals surface area contributed by atoms with Crippen LogP contribution in [-0.4, -0.2) is 51.7 Å². The van der Waals surface area contributed by atoms with E-state index in [4.69, 9.17) is 0 Å². The molecule has 0 radical (unpaired) electrons. The van der Waals surface area contributed by atoms with Crippen molar-refractivity contribution in [3.05, 3.63) is 52.8 Å². The highest BCUT2D eigenvalue weighted by atomic mass is 16.2. The number of aromatic nitrogens is 2. The third-order valence-electron chi connectivity index (χ3n) is 4.45. The number of rotatable bonds is 3. The van der Waals surface area contributed by atoms with Gasteiger partial charge in [0.2, 0.25) is 0 Å². The van der Waals surface area contributed by atoms with Crippen molar-refractivity contribution in [2.24, 2.45) is 7.05 Å². The molecule has 23 heavy (non-hydrogen) atoms. The van der Waals surface area contributed by atoms with Crippen LogP contribution in [-0.2, 0) is 13.6 Å². The van der Waals surface area contributed by atoms with Gasteiger partial charge in [-0.15, -0.1) is 0 Å². The highest BCUT2D eigenvalue weighted by molar-refractivity contribution is 5.95. The van der Waals surface area contributed by atoms with Gasteiger partial charge in [-0.2, -0.15) is 5.10 Å². The van der Waals surface area contributed by atoms with Crippen LogP contribution >= 0.6 is 0 Å². The molecule has 1 aromatic carbocycles. The summed E-state index contributed by atoms with van der Waals surface area (Å²) >= 11 is 0. The summed E-state index contributed by atoms with van der Waals surface area (Å²) in [6.45, 7) is 8.32. The fraction of sp³-hybridized carbons (Fsp3) is 0.444. The maximum atomic E-state index is 12.7. The van der Waals surface area contributed by atoms with Crippen LogP contribution in [0.3, 0.4) is 0 Å². The molecule has 1 saturated heterocycles. The van der Waals surface area contributed by atoms with E-state index in [2.05, 4.69) is 16.1 Å². The first-order valence-electron chi connectivity index (χ1n) is 8.09. The highest BCUT2D eigenvalue weighted by Crippen LogP contribution is 2.15. The van der Waals surface area contributed by atoms with E-state index in [1.165, 1.54) is 5.56 Å². The average Bonchev–Trinajstić information content (AvgIpc) is 2.95. The number of benzene rings is 1. The first-order chi connectivity index (χ1) is 11.0. The topological polar surface area (TPSA) is 41.4 Å². The largest absolute Gasteiger partial charge is 0.336 e. The molecule has 0 aliphatic carbocycles. The van der Waals surface area contributed by atoms with Crippen LogP contribution < -0.4 is 0 Å². The Morgan fingerprint density at radius 3 is 2.57 bits per heavy atom. The lowest BCUT2D eigenvalue weighted by Gasteiger charge is -2.34. The number of carbonyl (C=O) groups excluding carboxylic acids is 1. The van der Waals surface area contributed by atoms with Gasteiger partial charge in [-0.05, 0) is 25.5 Å². The normalized spacial score (nSPS) is 15.9. The summed E-state index contributed by atoms with van der Waals surface area (Å²) in [5, 5.41) is 4.21. The summed E-state index contributed by atoms with van der Waals surface area (Å²) in [6.07, 6.45) is 3.96. The van der Waals surface area contributed by atoms with Crippen LogP contribution in [0.15, 0.2) is 30.6 Å². The second-order valence-electron chi connectivity index (χ2n) is 6.41. The van der Waals surface area contributed by atoms with Crippen molar-refractivity contribution >= 4 is 5.91 Å². The molecule has 1 fully saturated rings. The van der Waals surface area contributed by atoms with Crippen molar-refractivity contribution < 1.29 is 4.79 Å². The minimum atomic E-state index is 0.159. The molecule has 3 rings (SSSR count). The van der Waals surface area contributed by atoms with E-state index >= 15 is 0 Å². The molecule has 2 aromatic rings. The maximum absolute atomic E-state index is 12.7. The number of hydrogen-bond donors (Lipinski definition) is 0. The summed E-state index contributed by atoms with van der Waals surface area (Å²) in [5.41, 5.74) is 4.25. The molecule has 0 N–H and O–H groups in total. The lowest BCUT2D eigenvalue weighted by molar-refractivity contribution is 0.0627. The summed E-state index contributed by atoms with van der Waals surface area (Å²) in [7, 11) is 1.93. The van der Waals surface area contributed by atoms with Gasteiger partial charge in [-0.25, -0.2) is 0 Å². The van der Waals surface area contributed by atoms with Crippen LogP contribution in [0.1, 0.15) is 27.0 Å². The molecule has 0 spiro atoms. The summed E-state index contributed by atoms with van der Waals surface area (Å²) < 4.78 is 1.83. The van der Waals surface area contributed by atoms with Gasteiger partial charge in [0.05, 0.1) is 6.20 Å². The summed E-state index contributed by atoms with van der Waals surface area (Å²) in [6, 6.07) is 6.08.